The molecular formula is C19H32N2. The zero-order valence-corrected chi connectivity index (χ0v) is 13.8. The summed E-state index contributed by atoms with van der Waals surface area (Å²) >= 11 is 0. The topological polar surface area (TPSA) is 24.1 Å². The number of nitrogens with one attached hydrogen (secondary N) is 2. The first-order valence-electron chi connectivity index (χ1n) is 8.77. The second-order valence-electron chi connectivity index (χ2n) is 6.73. The van der Waals surface area contributed by atoms with Crippen molar-refractivity contribution in [3.63, 3.8) is 0 Å². The average Bonchev–Trinajstić information content (AvgIpc) is 2.75. The van der Waals surface area contributed by atoms with Crippen LogP contribution in [-0.4, -0.2) is 24.7 Å². The molecule has 1 saturated heterocycles. The van der Waals surface area contributed by atoms with Gasteiger partial charge in [-0.05, 0) is 58.1 Å². The molecule has 1 aromatic rings. The van der Waals surface area contributed by atoms with Crippen molar-refractivity contribution in [2.45, 2.75) is 76.9 Å². The van der Waals surface area contributed by atoms with E-state index in [2.05, 4.69) is 54.8 Å². The Bertz CT molecular complexity index is 368. The van der Waals surface area contributed by atoms with Gasteiger partial charge in [0, 0.05) is 18.1 Å². The molecule has 0 amide bonds. The van der Waals surface area contributed by atoms with Crippen LogP contribution < -0.4 is 10.6 Å². The summed E-state index contributed by atoms with van der Waals surface area (Å²) < 4.78 is 0. The van der Waals surface area contributed by atoms with Gasteiger partial charge < -0.3 is 10.6 Å². The van der Waals surface area contributed by atoms with Crippen molar-refractivity contribution in [3.05, 3.63) is 35.9 Å². The Morgan fingerprint density at radius 2 is 1.90 bits per heavy atom. The number of benzene rings is 1. The second kappa shape index (κ2) is 9.22. The molecule has 1 aliphatic heterocycles. The van der Waals surface area contributed by atoms with Crippen molar-refractivity contribution in [2.75, 3.05) is 6.54 Å². The lowest BCUT2D eigenvalue weighted by molar-refractivity contribution is 0.369. The van der Waals surface area contributed by atoms with Gasteiger partial charge in [-0.1, -0.05) is 43.2 Å². The zero-order chi connectivity index (χ0) is 14.9. The van der Waals surface area contributed by atoms with Gasteiger partial charge >= 0.3 is 0 Å². The van der Waals surface area contributed by atoms with Crippen LogP contribution in [0.5, 0.6) is 0 Å². The monoisotopic (exact) mass is 288 g/mol. The zero-order valence-electron chi connectivity index (χ0n) is 13.8. The third-order valence-electron chi connectivity index (χ3n) is 4.58. The highest BCUT2D eigenvalue weighted by Crippen LogP contribution is 2.13. The predicted octanol–water partition coefficient (Wildman–Crippen LogP) is 3.91. The van der Waals surface area contributed by atoms with Crippen LogP contribution in [0, 0.1) is 0 Å². The van der Waals surface area contributed by atoms with Crippen LogP contribution in [0.2, 0.25) is 0 Å². The second-order valence-corrected chi connectivity index (χ2v) is 6.73. The van der Waals surface area contributed by atoms with E-state index in [9.17, 15) is 0 Å². The molecule has 2 nitrogen and oxygen atoms in total. The lowest BCUT2D eigenvalue weighted by Crippen LogP contribution is -2.40. The molecule has 2 N–H and O–H groups in total. The summed E-state index contributed by atoms with van der Waals surface area (Å²) in [5.41, 5.74) is 1.45. The van der Waals surface area contributed by atoms with Gasteiger partial charge in [-0.2, -0.15) is 0 Å². The summed E-state index contributed by atoms with van der Waals surface area (Å²) in [6, 6.07) is 12.7. The van der Waals surface area contributed by atoms with Crippen LogP contribution in [0.3, 0.4) is 0 Å². The van der Waals surface area contributed by atoms with E-state index in [0.717, 1.165) is 6.04 Å². The van der Waals surface area contributed by atoms with E-state index in [-0.39, 0.29) is 0 Å². The molecular weight excluding hydrogens is 256 g/mol. The summed E-state index contributed by atoms with van der Waals surface area (Å²) in [6.45, 7) is 5.87. The van der Waals surface area contributed by atoms with Gasteiger partial charge in [0.1, 0.15) is 0 Å². The normalized spacial score (nSPS) is 22.5. The van der Waals surface area contributed by atoms with Crippen molar-refractivity contribution >= 4 is 0 Å². The van der Waals surface area contributed by atoms with Crippen LogP contribution in [0.1, 0.15) is 57.9 Å². The molecule has 118 valence electrons. The molecule has 0 saturated carbocycles. The lowest BCUT2D eigenvalue weighted by Gasteiger charge is -2.24. The Morgan fingerprint density at radius 1 is 1.10 bits per heavy atom. The van der Waals surface area contributed by atoms with E-state index in [0.29, 0.717) is 12.1 Å². The van der Waals surface area contributed by atoms with Gasteiger partial charge in [0.2, 0.25) is 0 Å². The summed E-state index contributed by atoms with van der Waals surface area (Å²) in [5, 5.41) is 7.48. The quantitative estimate of drug-likeness (QED) is 0.795. The smallest absolute Gasteiger partial charge is 0.00817 e. The molecule has 21 heavy (non-hydrogen) atoms. The molecule has 1 heterocycles. The average molecular weight is 288 g/mol. The number of hydrogen-bond donors (Lipinski definition) is 2. The predicted molar refractivity (Wildman–Crippen MR) is 91.7 cm³/mol. The maximum Gasteiger partial charge on any atom is 0.00817 e. The fraction of sp³-hybridized carbons (Fsp3) is 0.684. The minimum atomic E-state index is 0.589. The van der Waals surface area contributed by atoms with Crippen LogP contribution in [0.25, 0.3) is 0 Å². The first-order valence-corrected chi connectivity index (χ1v) is 8.77. The fourth-order valence-electron chi connectivity index (χ4n) is 3.39. The van der Waals surface area contributed by atoms with Gasteiger partial charge in [0.05, 0.1) is 0 Å². The Hall–Kier alpha value is -0.860. The molecule has 2 heteroatoms. The van der Waals surface area contributed by atoms with Gasteiger partial charge in [0.15, 0.2) is 0 Å². The van der Waals surface area contributed by atoms with E-state index >= 15 is 0 Å². The Morgan fingerprint density at radius 3 is 2.71 bits per heavy atom. The van der Waals surface area contributed by atoms with Crippen LogP contribution in [0.15, 0.2) is 30.3 Å². The summed E-state index contributed by atoms with van der Waals surface area (Å²) in [7, 11) is 0. The van der Waals surface area contributed by atoms with Crippen molar-refractivity contribution in [3.8, 4) is 0 Å². The fourth-order valence-corrected chi connectivity index (χ4v) is 3.39. The van der Waals surface area contributed by atoms with Crippen molar-refractivity contribution in [1.82, 2.24) is 10.6 Å². The maximum atomic E-state index is 3.78. The SMILES string of the molecule is CC(CCc1ccccc1)NC(C)CC1CCCCCN1. The summed E-state index contributed by atoms with van der Waals surface area (Å²) in [6.07, 6.45) is 9.15. The highest BCUT2D eigenvalue weighted by Gasteiger charge is 2.16. The van der Waals surface area contributed by atoms with Crippen LogP contribution in [-0.2, 0) is 6.42 Å². The van der Waals surface area contributed by atoms with Gasteiger partial charge in [0.25, 0.3) is 0 Å². The first-order chi connectivity index (χ1) is 10.2. The van der Waals surface area contributed by atoms with E-state index in [4.69, 9.17) is 0 Å². The molecule has 1 aliphatic rings. The molecule has 0 radical (unpaired) electrons. The van der Waals surface area contributed by atoms with Crippen LogP contribution >= 0.6 is 0 Å². The maximum absolute atomic E-state index is 3.78. The highest BCUT2D eigenvalue weighted by atomic mass is 15.0. The van der Waals surface area contributed by atoms with E-state index in [1.807, 2.05) is 0 Å². The van der Waals surface area contributed by atoms with Crippen molar-refractivity contribution in [2.24, 2.45) is 0 Å². The summed E-state index contributed by atoms with van der Waals surface area (Å²) in [5.74, 6) is 0. The van der Waals surface area contributed by atoms with Crippen LogP contribution in [0.4, 0.5) is 0 Å². The van der Waals surface area contributed by atoms with Gasteiger partial charge in [-0.15, -0.1) is 0 Å². The lowest BCUT2D eigenvalue weighted by atomic mass is 10.0. The highest BCUT2D eigenvalue weighted by molar-refractivity contribution is 5.14. The minimum absolute atomic E-state index is 0.589. The Kier molecular flexibility index (Phi) is 7.25. The third kappa shape index (κ3) is 6.62. The number of rotatable bonds is 7. The Balaban J connectivity index is 1.65. The molecule has 2 rings (SSSR count). The molecule has 3 unspecified atom stereocenters. The molecule has 1 fully saturated rings. The number of hydrogen-bond acceptors (Lipinski definition) is 2. The Labute approximate surface area is 130 Å². The third-order valence-corrected chi connectivity index (χ3v) is 4.58. The standard InChI is InChI=1S/C19H32N2/c1-16(12-13-18-9-5-3-6-10-18)21-17(2)15-19-11-7-4-8-14-20-19/h3,5-6,9-10,16-17,19-21H,4,7-8,11-15H2,1-2H3. The van der Waals surface area contributed by atoms with Gasteiger partial charge in [-0.3, -0.25) is 0 Å². The summed E-state index contributed by atoms with van der Waals surface area (Å²) in [4.78, 5) is 0. The first kappa shape index (κ1) is 16.5. The van der Waals surface area contributed by atoms with E-state index in [1.165, 1.54) is 57.1 Å². The van der Waals surface area contributed by atoms with Gasteiger partial charge in [-0.25, -0.2) is 0 Å². The van der Waals surface area contributed by atoms with E-state index < -0.39 is 0 Å². The molecule has 0 aromatic heterocycles. The molecule has 0 spiro atoms. The minimum Gasteiger partial charge on any atom is -0.314 e. The largest absolute Gasteiger partial charge is 0.314 e. The molecule has 3 atom stereocenters. The number of aryl methyl sites for hydroxylation is 1. The molecule has 1 aromatic carbocycles. The molecule has 0 bridgehead atoms. The van der Waals surface area contributed by atoms with Crippen molar-refractivity contribution < 1.29 is 0 Å². The van der Waals surface area contributed by atoms with E-state index in [1.54, 1.807) is 0 Å². The molecule has 0 aliphatic carbocycles. The van der Waals surface area contributed by atoms with Crippen molar-refractivity contribution in [1.29, 1.82) is 0 Å².